The first-order valence-corrected chi connectivity index (χ1v) is 6.92. The Morgan fingerprint density at radius 2 is 1.70 bits per heavy atom. The summed E-state index contributed by atoms with van der Waals surface area (Å²) in [4.78, 5) is 12.6. The number of benzene rings is 2. The molecule has 0 fully saturated rings. The lowest BCUT2D eigenvalue weighted by atomic mass is 10.1. The first-order valence-electron chi connectivity index (χ1n) is 5.68. The van der Waals surface area contributed by atoms with Gasteiger partial charge in [0.1, 0.15) is 5.69 Å². The van der Waals surface area contributed by atoms with Crippen molar-refractivity contribution in [1.82, 2.24) is 0 Å². The molecule has 0 saturated carbocycles. The number of nitrogens with one attached hydrogen (secondary N) is 1. The number of thiol groups is 1. The van der Waals surface area contributed by atoms with Crippen molar-refractivity contribution in [3.05, 3.63) is 58.1 Å². The van der Waals surface area contributed by atoms with Gasteiger partial charge in [-0.1, -0.05) is 28.1 Å². The van der Waals surface area contributed by atoms with Gasteiger partial charge in [-0.15, -0.1) is 12.6 Å². The van der Waals surface area contributed by atoms with Gasteiger partial charge in [0.15, 0.2) is 11.6 Å². The van der Waals surface area contributed by atoms with Gasteiger partial charge in [-0.3, -0.25) is 4.79 Å². The van der Waals surface area contributed by atoms with E-state index in [2.05, 4.69) is 33.9 Å². The van der Waals surface area contributed by atoms with Gasteiger partial charge in [0.2, 0.25) is 5.91 Å². The number of hydrogen-bond acceptors (Lipinski definition) is 2. The van der Waals surface area contributed by atoms with Crippen LogP contribution in [0.4, 0.5) is 14.5 Å². The Hall–Kier alpha value is -1.40. The molecule has 1 N–H and O–H groups in total. The summed E-state index contributed by atoms with van der Waals surface area (Å²) in [5, 5.41) is 2.24. The van der Waals surface area contributed by atoms with Crippen LogP contribution in [0.3, 0.4) is 0 Å². The molecule has 104 valence electrons. The second-order valence-electron chi connectivity index (χ2n) is 4.14. The second kappa shape index (κ2) is 6.37. The Morgan fingerprint density at radius 1 is 1.15 bits per heavy atom. The molecule has 0 heterocycles. The average molecular weight is 358 g/mol. The molecule has 0 saturated heterocycles. The lowest BCUT2D eigenvalue weighted by Gasteiger charge is -2.08. The molecule has 6 heteroatoms. The van der Waals surface area contributed by atoms with Crippen molar-refractivity contribution < 1.29 is 13.6 Å². The van der Waals surface area contributed by atoms with Gasteiger partial charge in [-0.05, 0) is 29.8 Å². The van der Waals surface area contributed by atoms with Crippen molar-refractivity contribution in [3.63, 3.8) is 0 Å². The van der Waals surface area contributed by atoms with Crippen LogP contribution < -0.4 is 5.32 Å². The Bertz CT molecular complexity index is 623. The van der Waals surface area contributed by atoms with Crippen LogP contribution in [0.25, 0.3) is 0 Å². The Balaban J connectivity index is 2.10. The number of halogens is 3. The van der Waals surface area contributed by atoms with Crippen LogP contribution >= 0.6 is 28.6 Å². The van der Waals surface area contributed by atoms with Crippen LogP contribution in [0.1, 0.15) is 5.56 Å². The Labute approximate surface area is 128 Å². The third-order valence-corrected chi connectivity index (χ3v) is 3.33. The van der Waals surface area contributed by atoms with Crippen LogP contribution in [-0.4, -0.2) is 5.91 Å². The number of carbonyl (C=O) groups is 1. The van der Waals surface area contributed by atoms with E-state index in [9.17, 15) is 13.6 Å². The van der Waals surface area contributed by atoms with Crippen LogP contribution in [0.2, 0.25) is 0 Å². The highest BCUT2D eigenvalue weighted by Crippen LogP contribution is 2.24. The summed E-state index contributed by atoms with van der Waals surface area (Å²) < 4.78 is 27.4. The van der Waals surface area contributed by atoms with Crippen LogP contribution in [0.15, 0.2) is 45.8 Å². The highest BCUT2D eigenvalue weighted by atomic mass is 79.9. The van der Waals surface area contributed by atoms with Gasteiger partial charge in [-0.2, -0.15) is 0 Å². The lowest BCUT2D eigenvalue weighted by molar-refractivity contribution is -0.115. The van der Waals surface area contributed by atoms with E-state index in [0.717, 1.165) is 22.6 Å². The van der Waals surface area contributed by atoms with Gasteiger partial charge >= 0.3 is 0 Å². The third-order valence-electron chi connectivity index (χ3n) is 2.57. The molecule has 1 amide bonds. The maximum Gasteiger partial charge on any atom is 0.228 e. The van der Waals surface area contributed by atoms with Crippen LogP contribution in [-0.2, 0) is 11.2 Å². The average Bonchev–Trinajstić information content (AvgIpc) is 2.36. The van der Waals surface area contributed by atoms with E-state index in [0.29, 0.717) is 0 Å². The fraction of sp³-hybridized carbons (Fsp3) is 0.0714. The molecular weight excluding hydrogens is 348 g/mol. The van der Waals surface area contributed by atoms with Crippen molar-refractivity contribution in [1.29, 1.82) is 0 Å². The summed E-state index contributed by atoms with van der Waals surface area (Å²) in [5.41, 5.74) is 0.294. The van der Waals surface area contributed by atoms with Crippen molar-refractivity contribution in [3.8, 4) is 0 Å². The first kappa shape index (κ1) is 15.0. The molecular formula is C14H10BrF2NOS. The van der Waals surface area contributed by atoms with Crippen LogP contribution in [0.5, 0.6) is 0 Å². The molecule has 0 radical (unpaired) electrons. The van der Waals surface area contributed by atoms with Gasteiger partial charge in [0.25, 0.3) is 0 Å². The first-order chi connectivity index (χ1) is 9.45. The van der Waals surface area contributed by atoms with E-state index < -0.39 is 23.2 Å². The Kier molecular flexibility index (Phi) is 4.77. The molecule has 2 rings (SSSR count). The van der Waals surface area contributed by atoms with E-state index in [-0.39, 0.29) is 10.9 Å². The largest absolute Gasteiger partial charge is 0.321 e. The van der Waals surface area contributed by atoms with Crippen molar-refractivity contribution >= 4 is 40.2 Å². The highest BCUT2D eigenvalue weighted by molar-refractivity contribution is 9.10. The summed E-state index contributed by atoms with van der Waals surface area (Å²) in [7, 11) is 0. The summed E-state index contributed by atoms with van der Waals surface area (Å²) in [6, 6.07) is 9.13. The second-order valence-corrected chi connectivity index (χ2v) is 5.57. The zero-order valence-electron chi connectivity index (χ0n) is 10.2. The molecule has 0 aromatic heterocycles. The minimum absolute atomic E-state index is 0.0308. The van der Waals surface area contributed by atoms with Gasteiger partial charge < -0.3 is 5.32 Å². The molecule has 0 unspecified atom stereocenters. The van der Waals surface area contributed by atoms with Crippen LogP contribution in [0, 0.1) is 11.6 Å². The van der Waals surface area contributed by atoms with E-state index in [1.165, 1.54) is 0 Å². The number of rotatable bonds is 3. The molecule has 0 aliphatic rings. The topological polar surface area (TPSA) is 29.1 Å². The maximum atomic E-state index is 13.6. The minimum atomic E-state index is -0.823. The molecule has 0 bridgehead atoms. The lowest BCUT2D eigenvalue weighted by Crippen LogP contribution is -2.16. The SMILES string of the molecule is O=C(Cc1ccc(S)cc1)Nc1c(F)cc(Br)cc1F. The fourth-order valence-corrected chi connectivity index (χ4v) is 2.20. The number of carbonyl (C=O) groups excluding carboxylic acids is 1. The summed E-state index contributed by atoms with van der Waals surface area (Å²) >= 11 is 7.11. The van der Waals surface area contributed by atoms with E-state index in [4.69, 9.17) is 0 Å². The summed E-state index contributed by atoms with van der Waals surface area (Å²) in [5.74, 6) is -2.14. The molecule has 0 aliphatic carbocycles. The molecule has 2 aromatic rings. The summed E-state index contributed by atoms with van der Waals surface area (Å²) in [6.45, 7) is 0. The predicted octanol–water partition coefficient (Wildman–Crippen LogP) is 4.20. The van der Waals surface area contributed by atoms with Crippen molar-refractivity contribution in [2.24, 2.45) is 0 Å². The monoisotopic (exact) mass is 357 g/mol. The summed E-state index contributed by atoms with van der Waals surface area (Å²) in [6.07, 6.45) is 0.0308. The molecule has 0 spiro atoms. The maximum absolute atomic E-state index is 13.6. The highest BCUT2D eigenvalue weighted by Gasteiger charge is 2.13. The van der Waals surface area contributed by atoms with Gasteiger partial charge in [-0.25, -0.2) is 8.78 Å². The van der Waals surface area contributed by atoms with E-state index in [1.807, 2.05) is 0 Å². The zero-order chi connectivity index (χ0) is 14.7. The molecule has 2 aromatic carbocycles. The van der Waals surface area contributed by atoms with E-state index in [1.54, 1.807) is 24.3 Å². The van der Waals surface area contributed by atoms with Gasteiger partial charge in [0, 0.05) is 9.37 Å². The predicted molar refractivity (Wildman–Crippen MR) is 80.1 cm³/mol. The smallest absolute Gasteiger partial charge is 0.228 e. The zero-order valence-corrected chi connectivity index (χ0v) is 12.6. The normalized spacial score (nSPS) is 10.4. The van der Waals surface area contributed by atoms with Crippen molar-refractivity contribution in [2.45, 2.75) is 11.3 Å². The quantitative estimate of drug-likeness (QED) is 0.792. The van der Waals surface area contributed by atoms with E-state index >= 15 is 0 Å². The van der Waals surface area contributed by atoms with Gasteiger partial charge in [0.05, 0.1) is 6.42 Å². The minimum Gasteiger partial charge on any atom is -0.321 e. The Morgan fingerprint density at radius 3 is 2.25 bits per heavy atom. The standard InChI is InChI=1S/C14H10BrF2NOS/c15-9-6-11(16)14(12(17)7-9)18-13(19)5-8-1-3-10(20)4-2-8/h1-4,6-7,20H,5H2,(H,18,19). The fourth-order valence-electron chi connectivity index (χ4n) is 1.64. The third kappa shape index (κ3) is 3.80. The number of anilines is 1. The number of hydrogen-bond donors (Lipinski definition) is 2. The number of amides is 1. The molecule has 2 nitrogen and oxygen atoms in total. The van der Waals surface area contributed by atoms with Crippen molar-refractivity contribution in [2.75, 3.05) is 5.32 Å². The molecule has 0 atom stereocenters. The molecule has 20 heavy (non-hydrogen) atoms. The molecule has 0 aliphatic heterocycles.